The number of hydrogen-bond donors (Lipinski definition) is 4. The Morgan fingerprint density at radius 3 is 0.651 bits per heavy atom. The molecule has 4 amide bonds. The fourth-order valence-electron chi connectivity index (χ4n) is 7.30. The highest BCUT2D eigenvalue weighted by Gasteiger charge is 2.29. The number of ether oxygens (including phenoxy) is 12. The predicted molar refractivity (Wildman–Crippen MR) is 312 cm³/mol. The minimum absolute atomic E-state index is 0.0264. The van der Waals surface area contributed by atoms with Gasteiger partial charge in [0.15, 0.2) is 0 Å². The molecule has 4 N–H and O–H groups in total. The van der Waals surface area contributed by atoms with Crippen LogP contribution < -0.4 is 40.2 Å². The van der Waals surface area contributed by atoms with Crippen molar-refractivity contribution in [3.05, 3.63) is 168 Å². The second-order valence-corrected chi connectivity index (χ2v) is 18.5. The van der Waals surface area contributed by atoms with Gasteiger partial charge in [-0.3, -0.25) is 0 Å². The van der Waals surface area contributed by atoms with Crippen LogP contribution in [0.2, 0.25) is 0 Å². The van der Waals surface area contributed by atoms with Crippen molar-refractivity contribution in [3.8, 4) is 23.0 Å². The maximum Gasteiger partial charge on any atom is 0.407 e. The summed E-state index contributed by atoms with van der Waals surface area (Å²) in [5.74, 6) is -1.13. The van der Waals surface area contributed by atoms with Gasteiger partial charge < -0.3 is 78.1 Å². The molecule has 0 saturated heterocycles. The largest absolute Gasteiger partial charge is 0.490 e. The third-order valence-corrected chi connectivity index (χ3v) is 11.4. The number of amides is 4. The third kappa shape index (κ3) is 26.5. The molecule has 0 radical (unpaired) electrons. The molecule has 0 heterocycles. The van der Waals surface area contributed by atoms with Gasteiger partial charge in [-0.2, -0.15) is 0 Å². The van der Waals surface area contributed by atoms with Crippen LogP contribution in [0, 0.1) is 0 Å². The van der Waals surface area contributed by atoms with Crippen molar-refractivity contribution in [3.63, 3.8) is 0 Å². The maximum absolute atomic E-state index is 12.2. The molecule has 4 aromatic carbocycles. The highest BCUT2D eigenvalue weighted by molar-refractivity contribution is 5.88. The smallest absolute Gasteiger partial charge is 0.407 e. The molecule has 0 saturated carbocycles. The standard InChI is InChI=1S/C62H74N4O20/c1-41(2)55(67)79-29-25-63-59(71)83-37-33-75-49-17-9-45(10-18-49)53(46-11-19-50(20-12-46)76-34-38-84-60(72)64-26-30-80-56(68)42(3)4)54(47-13-21-51(22-14-47)77-35-39-85-61(73)65-27-31-81-57(69)43(5)6)48-15-23-52(24-16-48)78-36-40-86-62(74)66-28-32-82-58(70)44(7)8/h9-24,53-54H,1,3,5,7,25-40H2,2,4,6,8H3,(H,63,71)(H,64,72)(H,65,73)(H,66,74). The van der Waals surface area contributed by atoms with Gasteiger partial charge in [-0.05, 0) is 98.5 Å². The van der Waals surface area contributed by atoms with Crippen molar-refractivity contribution in [1.82, 2.24) is 21.3 Å². The quantitative estimate of drug-likeness (QED) is 0.0147. The molecular weight excluding hydrogens is 1120 g/mol. The minimum atomic E-state index is -0.716. The van der Waals surface area contributed by atoms with Gasteiger partial charge >= 0.3 is 48.3 Å². The van der Waals surface area contributed by atoms with E-state index in [4.69, 9.17) is 56.8 Å². The van der Waals surface area contributed by atoms with Gasteiger partial charge in [-0.1, -0.05) is 74.8 Å². The van der Waals surface area contributed by atoms with Gasteiger partial charge in [0.1, 0.15) is 102 Å². The first-order chi connectivity index (χ1) is 41.3. The second-order valence-electron chi connectivity index (χ2n) is 18.5. The zero-order valence-electron chi connectivity index (χ0n) is 48.7. The van der Waals surface area contributed by atoms with Crippen LogP contribution in [-0.4, -0.2) is 154 Å². The zero-order chi connectivity index (χ0) is 62.6. The summed E-state index contributed by atoms with van der Waals surface area (Å²) in [5, 5.41) is 10.0. The Balaban J connectivity index is 1.55. The molecule has 462 valence electrons. The summed E-state index contributed by atoms with van der Waals surface area (Å²) in [6.07, 6.45) is -2.86. The van der Waals surface area contributed by atoms with E-state index in [9.17, 15) is 38.4 Å². The highest BCUT2D eigenvalue weighted by atomic mass is 16.6. The van der Waals surface area contributed by atoms with Crippen LogP contribution in [0.25, 0.3) is 0 Å². The van der Waals surface area contributed by atoms with Crippen LogP contribution in [-0.2, 0) is 57.1 Å². The molecule has 0 aliphatic rings. The summed E-state index contributed by atoms with van der Waals surface area (Å²) in [7, 11) is 0. The van der Waals surface area contributed by atoms with Gasteiger partial charge in [-0.25, -0.2) is 38.4 Å². The third-order valence-electron chi connectivity index (χ3n) is 11.4. The van der Waals surface area contributed by atoms with Crippen molar-refractivity contribution >= 4 is 48.3 Å². The first-order valence-corrected chi connectivity index (χ1v) is 27.1. The number of carbonyl (C=O) groups excluding carboxylic acids is 8. The Morgan fingerprint density at radius 2 is 0.477 bits per heavy atom. The van der Waals surface area contributed by atoms with Crippen molar-refractivity contribution in [2.75, 3.05) is 105 Å². The predicted octanol–water partition coefficient (Wildman–Crippen LogP) is 7.55. The van der Waals surface area contributed by atoms with Gasteiger partial charge in [0.2, 0.25) is 0 Å². The summed E-state index contributed by atoms with van der Waals surface area (Å²) >= 11 is 0. The Morgan fingerprint density at radius 1 is 0.291 bits per heavy atom. The molecule has 0 bridgehead atoms. The minimum Gasteiger partial charge on any atom is -0.490 e. The highest BCUT2D eigenvalue weighted by Crippen LogP contribution is 2.44. The lowest BCUT2D eigenvalue weighted by Gasteiger charge is -2.30. The molecule has 86 heavy (non-hydrogen) atoms. The van der Waals surface area contributed by atoms with E-state index >= 15 is 0 Å². The molecular formula is C62H74N4O20. The van der Waals surface area contributed by atoms with Gasteiger partial charge in [0.05, 0.1) is 26.2 Å². The fraction of sp³-hybridized carbons (Fsp3) is 0.355. The van der Waals surface area contributed by atoms with E-state index in [-0.39, 0.29) is 128 Å². The lowest BCUT2D eigenvalue weighted by atomic mass is 9.73. The normalized spacial score (nSPS) is 10.4. The number of hydrogen-bond acceptors (Lipinski definition) is 20. The molecule has 24 nitrogen and oxygen atoms in total. The summed E-state index contributed by atoms with van der Waals surface area (Å²) < 4.78 is 64.6. The van der Waals surface area contributed by atoms with E-state index in [2.05, 4.69) is 47.6 Å². The van der Waals surface area contributed by atoms with Crippen LogP contribution in [0.4, 0.5) is 19.2 Å². The lowest BCUT2D eigenvalue weighted by Crippen LogP contribution is -2.29. The van der Waals surface area contributed by atoms with Crippen molar-refractivity contribution in [2.24, 2.45) is 0 Å². The number of carbonyl (C=O) groups is 8. The van der Waals surface area contributed by atoms with E-state index in [1.807, 2.05) is 48.5 Å². The number of rotatable bonds is 37. The molecule has 0 aliphatic heterocycles. The van der Waals surface area contributed by atoms with Gasteiger partial charge in [-0.15, -0.1) is 0 Å². The fourth-order valence-corrected chi connectivity index (χ4v) is 7.30. The first kappa shape index (κ1) is 68.5. The summed E-state index contributed by atoms with van der Waals surface area (Å²) in [5.41, 5.74) is 4.40. The van der Waals surface area contributed by atoms with Gasteiger partial charge in [0.25, 0.3) is 0 Å². The Hall–Kier alpha value is -10.0. The summed E-state index contributed by atoms with van der Waals surface area (Å²) in [4.78, 5) is 95.4. The molecule has 0 fully saturated rings. The lowest BCUT2D eigenvalue weighted by molar-refractivity contribution is -0.139. The van der Waals surface area contributed by atoms with Crippen LogP contribution in [0.5, 0.6) is 23.0 Å². The topological polar surface area (TPSA) is 295 Å². The van der Waals surface area contributed by atoms with E-state index in [1.54, 1.807) is 48.5 Å². The van der Waals surface area contributed by atoms with E-state index in [1.165, 1.54) is 27.7 Å². The molecule has 0 aromatic heterocycles. The number of alkyl carbamates (subject to hydrolysis) is 4. The number of benzene rings is 4. The van der Waals surface area contributed by atoms with Gasteiger partial charge in [0, 0.05) is 34.1 Å². The number of nitrogens with one attached hydrogen (secondary N) is 4. The first-order valence-electron chi connectivity index (χ1n) is 27.1. The molecule has 0 atom stereocenters. The summed E-state index contributed by atoms with van der Waals surface area (Å²) in [6, 6.07) is 29.8. The Kier molecular flexibility index (Phi) is 30.2. The van der Waals surface area contributed by atoms with Crippen LogP contribution in [0.15, 0.2) is 146 Å². The SMILES string of the molecule is C=C(C)C(=O)OCCNC(=O)OCCOc1ccc(C(c2ccc(OCCOC(=O)NCCOC(=O)C(=C)C)cc2)C(c2ccc(OCCOC(=O)NCCOC(=O)C(=C)C)cc2)c2ccc(OCCOC(=O)NCCOC(=O)C(=C)C)cc2)cc1. The second kappa shape index (κ2) is 38.0. The van der Waals surface area contributed by atoms with E-state index < -0.39 is 60.1 Å². The maximum atomic E-state index is 12.2. The van der Waals surface area contributed by atoms with Crippen LogP contribution in [0.1, 0.15) is 61.8 Å². The average Bonchev–Trinajstić information content (AvgIpc) is 2.23. The average molecular weight is 1200 g/mol. The Labute approximate surface area is 499 Å². The molecule has 24 heteroatoms. The summed E-state index contributed by atoms with van der Waals surface area (Å²) in [6.45, 7) is 19.9. The van der Waals surface area contributed by atoms with E-state index in [0.29, 0.717) is 23.0 Å². The van der Waals surface area contributed by atoms with Crippen LogP contribution in [0.3, 0.4) is 0 Å². The van der Waals surface area contributed by atoms with Crippen molar-refractivity contribution in [2.45, 2.75) is 39.5 Å². The molecule has 0 spiro atoms. The molecule has 0 aliphatic carbocycles. The Bertz CT molecular complexity index is 2520. The molecule has 4 aromatic rings. The molecule has 4 rings (SSSR count). The molecule has 0 unspecified atom stereocenters. The monoisotopic (exact) mass is 1190 g/mol. The van der Waals surface area contributed by atoms with Crippen molar-refractivity contribution in [1.29, 1.82) is 0 Å². The van der Waals surface area contributed by atoms with Crippen molar-refractivity contribution < 1.29 is 95.2 Å². The zero-order valence-corrected chi connectivity index (χ0v) is 48.7. The van der Waals surface area contributed by atoms with Crippen LogP contribution >= 0.6 is 0 Å². The number of esters is 4. The van der Waals surface area contributed by atoms with E-state index in [0.717, 1.165) is 22.3 Å².